The molecule has 1 atom stereocenters. The van der Waals surface area contributed by atoms with Gasteiger partial charge in [0.05, 0.1) is 17.2 Å². The zero-order valence-electron chi connectivity index (χ0n) is 25.1. The molecule has 3 aromatic rings. The summed E-state index contributed by atoms with van der Waals surface area (Å²) in [7, 11) is -4.12. The van der Waals surface area contributed by atoms with Crippen LogP contribution in [0.25, 0.3) is 0 Å². The minimum absolute atomic E-state index is 0.0787. The van der Waals surface area contributed by atoms with Crippen molar-refractivity contribution in [3.05, 3.63) is 90.0 Å². The summed E-state index contributed by atoms with van der Waals surface area (Å²) in [6, 6.07) is 22.2. The van der Waals surface area contributed by atoms with Crippen molar-refractivity contribution in [2.45, 2.75) is 64.3 Å². The van der Waals surface area contributed by atoms with Gasteiger partial charge >= 0.3 is 0 Å². The summed E-state index contributed by atoms with van der Waals surface area (Å²) >= 11 is 0. The van der Waals surface area contributed by atoms with Gasteiger partial charge in [0.1, 0.15) is 18.3 Å². The van der Waals surface area contributed by atoms with Gasteiger partial charge < -0.3 is 15.0 Å². The lowest BCUT2D eigenvalue weighted by Crippen LogP contribution is -2.53. The van der Waals surface area contributed by atoms with Gasteiger partial charge in [-0.2, -0.15) is 0 Å². The third-order valence-electron chi connectivity index (χ3n) is 7.02. The van der Waals surface area contributed by atoms with Crippen molar-refractivity contribution in [3.63, 3.8) is 0 Å². The van der Waals surface area contributed by atoms with Gasteiger partial charge in [-0.15, -0.1) is 0 Å². The minimum atomic E-state index is -4.12. The van der Waals surface area contributed by atoms with E-state index in [0.29, 0.717) is 37.4 Å². The lowest BCUT2D eigenvalue weighted by Gasteiger charge is -2.33. The summed E-state index contributed by atoms with van der Waals surface area (Å²) in [5.41, 5.74) is 2.27. The summed E-state index contributed by atoms with van der Waals surface area (Å²) < 4.78 is 34.6. The van der Waals surface area contributed by atoms with Crippen LogP contribution in [-0.2, 0) is 26.0 Å². The molecule has 1 unspecified atom stereocenters. The lowest BCUT2D eigenvalue weighted by molar-refractivity contribution is -0.139. The molecule has 0 bridgehead atoms. The minimum Gasteiger partial charge on any atom is -0.494 e. The van der Waals surface area contributed by atoms with Gasteiger partial charge in [-0.1, -0.05) is 68.3 Å². The molecule has 0 radical (unpaired) electrons. The number of anilines is 1. The van der Waals surface area contributed by atoms with Crippen LogP contribution in [0.15, 0.2) is 83.8 Å². The summed E-state index contributed by atoms with van der Waals surface area (Å²) in [6.45, 7) is 8.45. The molecule has 9 heteroatoms. The number of aryl methyl sites for hydroxylation is 1. The van der Waals surface area contributed by atoms with E-state index in [4.69, 9.17) is 4.74 Å². The first-order valence-corrected chi connectivity index (χ1v) is 16.1. The zero-order chi connectivity index (χ0) is 30.5. The Kier molecular flexibility index (Phi) is 12.4. The number of carbonyl (C=O) groups is 2. The zero-order valence-corrected chi connectivity index (χ0v) is 25.9. The first-order valence-electron chi connectivity index (χ1n) is 14.6. The highest BCUT2D eigenvalue weighted by Crippen LogP contribution is 2.27. The number of sulfonamides is 1. The average Bonchev–Trinajstić information content (AvgIpc) is 2.99. The maximum Gasteiger partial charge on any atom is 0.264 e. The highest BCUT2D eigenvalue weighted by Gasteiger charge is 2.33. The van der Waals surface area contributed by atoms with E-state index >= 15 is 0 Å². The van der Waals surface area contributed by atoms with Crippen LogP contribution < -0.4 is 14.4 Å². The Bertz CT molecular complexity index is 1380. The van der Waals surface area contributed by atoms with Crippen molar-refractivity contribution in [1.29, 1.82) is 0 Å². The summed E-state index contributed by atoms with van der Waals surface area (Å²) in [5.74, 6) is -0.0890. The fourth-order valence-electron chi connectivity index (χ4n) is 4.64. The number of nitrogens with one attached hydrogen (secondary N) is 1. The van der Waals surface area contributed by atoms with Crippen LogP contribution in [0.4, 0.5) is 5.69 Å². The maximum absolute atomic E-state index is 14.1. The predicted octanol–water partition coefficient (Wildman–Crippen LogP) is 5.36. The van der Waals surface area contributed by atoms with Gasteiger partial charge in [0.15, 0.2) is 0 Å². The number of amides is 2. The third kappa shape index (κ3) is 8.82. The molecular formula is C33H43N3O5S. The molecule has 0 saturated carbocycles. The smallest absolute Gasteiger partial charge is 0.264 e. The molecule has 0 aromatic heterocycles. The van der Waals surface area contributed by atoms with E-state index < -0.39 is 28.5 Å². The van der Waals surface area contributed by atoms with Crippen molar-refractivity contribution in [2.24, 2.45) is 0 Å². The number of unbranched alkanes of at least 4 members (excludes halogenated alkanes) is 1. The van der Waals surface area contributed by atoms with Crippen molar-refractivity contribution in [1.82, 2.24) is 10.2 Å². The van der Waals surface area contributed by atoms with Crippen LogP contribution in [0.2, 0.25) is 0 Å². The number of ether oxygens (including phenoxy) is 1. The molecule has 0 heterocycles. The molecule has 0 aliphatic rings. The fraction of sp³-hybridized carbons (Fsp3) is 0.394. The molecule has 3 aromatic carbocycles. The van der Waals surface area contributed by atoms with E-state index in [1.807, 2.05) is 58.0 Å². The second kappa shape index (κ2) is 16.0. The Morgan fingerprint density at radius 3 is 2.17 bits per heavy atom. The summed E-state index contributed by atoms with van der Waals surface area (Å²) in [5, 5.41) is 2.95. The third-order valence-corrected chi connectivity index (χ3v) is 8.81. The van der Waals surface area contributed by atoms with Gasteiger partial charge in [0.2, 0.25) is 11.8 Å². The number of nitrogens with zero attached hydrogens (tertiary/aromatic N) is 2. The molecule has 0 spiro atoms. The molecule has 0 saturated heterocycles. The first-order chi connectivity index (χ1) is 20.2. The normalized spacial score (nSPS) is 11.9. The van der Waals surface area contributed by atoms with Gasteiger partial charge in [-0.05, 0) is 75.1 Å². The molecule has 0 aliphatic carbocycles. The quantitative estimate of drug-likeness (QED) is 0.226. The lowest BCUT2D eigenvalue weighted by atomic mass is 10.1. The molecule has 1 N–H and O–H groups in total. The van der Waals surface area contributed by atoms with Gasteiger partial charge in [0.25, 0.3) is 10.0 Å². The second-order valence-corrected chi connectivity index (χ2v) is 12.0. The number of carbonyl (C=O) groups excluding carboxylic acids is 2. The van der Waals surface area contributed by atoms with E-state index in [9.17, 15) is 18.0 Å². The fourth-order valence-corrected chi connectivity index (χ4v) is 6.06. The Labute approximate surface area is 250 Å². The molecule has 0 fully saturated rings. The average molecular weight is 594 g/mol. The summed E-state index contributed by atoms with van der Waals surface area (Å²) in [4.78, 5) is 29.0. The maximum atomic E-state index is 14.1. The van der Waals surface area contributed by atoms with Crippen molar-refractivity contribution in [2.75, 3.05) is 30.5 Å². The van der Waals surface area contributed by atoms with Gasteiger partial charge in [-0.25, -0.2) is 8.42 Å². The standard InChI is InChI=1S/C33H43N3O5S/c1-5-8-23-34-33(38)31(6-2)35(24-22-27-12-10-9-11-13-27)32(37)25-36(28-16-18-29(19-17-28)41-7-3)42(39,40)30-20-14-26(4)15-21-30/h9-21,31H,5-8,22-25H2,1-4H3,(H,34,38). The Morgan fingerprint density at radius 2 is 1.57 bits per heavy atom. The van der Waals surface area contributed by atoms with Crippen molar-refractivity contribution in [3.8, 4) is 5.75 Å². The monoisotopic (exact) mass is 593 g/mol. The Hall–Kier alpha value is -3.85. The van der Waals surface area contributed by atoms with Crippen LogP contribution in [0.1, 0.15) is 51.2 Å². The van der Waals surface area contributed by atoms with Crippen LogP contribution in [0.5, 0.6) is 5.75 Å². The molecule has 42 heavy (non-hydrogen) atoms. The van der Waals surface area contributed by atoms with E-state index in [2.05, 4.69) is 5.32 Å². The molecule has 8 nitrogen and oxygen atoms in total. The van der Waals surface area contributed by atoms with E-state index in [1.165, 1.54) is 4.90 Å². The second-order valence-electron chi connectivity index (χ2n) is 10.1. The van der Waals surface area contributed by atoms with E-state index in [1.54, 1.807) is 48.5 Å². The van der Waals surface area contributed by atoms with Crippen LogP contribution in [0, 0.1) is 6.92 Å². The Balaban J connectivity index is 1.99. The number of hydrogen-bond donors (Lipinski definition) is 1. The van der Waals surface area contributed by atoms with E-state index in [0.717, 1.165) is 28.3 Å². The largest absolute Gasteiger partial charge is 0.494 e. The molecule has 3 rings (SSSR count). The predicted molar refractivity (Wildman–Crippen MR) is 167 cm³/mol. The number of rotatable bonds is 16. The highest BCUT2D eigenvalue weighted by atomic mass is 32.2. The van der Waals surface area contributed by atoms with Gasteiger partial charge in [0, 0.05) is 13.1 Å². The van der Waals surface area contributed by atoms with Crippen molar-refractivity contribution < 1.29 is 22.7 Å². The SMILES string of the molecule is CCCCNC(=O)C(CC)N(CCc1ccccc1)C(=O)CN(c1ccc(OCC)cc1)S(=O)(=O)c1ccc(C)cc1. The topological polar surface area (TPSA) is 96.0 Å². The Morgan fingerprint density at radius 1 is 0.905 bits per heavy atom. The number of benzene rings is 3. The van der Waals surface area contributed by atoms with Crippen LogP contribution in [-0.4, -0.2) is 57.4 Å². The van der Waals surface area contributed by atoms with Crippen LogP contribution >= 0.6 is 0 Å². The number of hydrogen-bond acceptors (Lipinski definition) is 5. The molecular weight excluding hydrogens is 550 g/mol. The highest BCUT2D eigenvalue weighted by molar-refractivity contribution is 7.92. The molecule has 226 valence electrons. The van der Waals surface area contributed by atoms with Crippen LogP contribution in [0.3, 0.4) is 0 Å². The van der Waals surface area contributed by atoms with E-state index in [-0.39, 0.29) is 17.3 Å². The summed E-state index contributed by atoms with van der Waals surface area (Å²) in [6.07, 6.45) is 2.69. The van der Waals surface area contributed by atoms with Crippen molar-refractivity contribution >= 4 is 27.5 Å². The van der Waals surface area contributed by atoms with Gasteiger partial charge in [-0.3, -0.25) is 13.9 Å². The molecule has 2 amide bonds. The first kappa shape index (κ1) is 32.7. The molecule has 0 aliphatic heterocycles.